The number of rotatable bonds is 3. The van der Waals surface area contributed by atoms with E-state index in [0.717, 1.165) is 5.56 Å². The Balaban J connectivity index is 2.08. The summed E-state index contributed by atoms with van der Waals surface area (Å²) in [6.07, 6.45) is 1.16. The number of carbonyl (C=O) groups is 1. The zero-order valence-electron chi connectivity index (χ0n) is 9.84. The lowest BCUT2D eigenvalue weighted by Crippen LogP contribution is -2.10. The van der Waals surface area contributed by atoms with Gasteiger partial charge in [0.25, 0.3) is 0 Å². The first-order chi connectivity index (χ1) is 8.66. The Morgan fingerprint density at radius 2 is 2.00 bits per heavy atom. The predicted molar refractivity (Wildman–Crippen MR) is 69.5 cm³/mol. The first kappa shape index (κ1) is 12.6. The second kappa shape index (κ2) is 5.65. The lowest BCUT2D eigenvalue weighted by Gasteiger charge is -2.13. The predicted octanol–water partition coefficient (Wildman–Crippen LogP) is 3.65. The molecule has 1 heterocycles. The summed E-state index contributed by atoms with van der Waals surface area (Å²) < 4.78 is 5.32. The standard InChI is InChI=1S/C14H12ClNO2/c1-10(11-5-3-2-4-6-11)18-14(17)13-9-12(15)7-8-16-13/h2-10H,1H3. The SMILES string of the molecule is CC(OC(=O)c1cc(Cl)ccn1)c1ccccc1. The Kier molecular flexibility index (Phi) is 3.95. The van der Waals surface area contributed by atoms with Crippen LogP contribution in [-0.2, 0) is 4.74 Å². The van der Waals surface area contributed by atoms with Gasteiger partial charge in [0.05, 0.1) is 0 Å². The molecule has 0 N–H and O–H groups in total. The van der Waals surface area contributed by atoms with Crippen LogP contribution in [0.3, 0.4) is 0 Å². The van der Waals surface area contributed by atoms with Gasteiger partial charge in [-0.05, 0) is 24.6 Å². The summed E-state index contributed by atoms with van der Waals surface area (Å²) in [4.78, 5) is 15.8. The van der Waals surface area contributed by atoms with Crippen molar-refractivity contribution in [3.05, 3.63) is 64.9 Å². The van der Waals surface area contributed by atoms with Crippen molar-refractivity contribution in [1.82, 2.24) is 4.98 Å². The molecule has 0 saturated carbocycles. The number of benzene rings is 1. The summed E-state index contributed by atoms with van der Waals surface area (Å²) in [6, 6.07) is 12.6. The molecule has 1 unspecified atom stereocenters. The molecule has 0 fully saturated rings. The summed E-state index contributed by atoms with van der Waals surface area (Å²) >= 11 is 5.79. The number of pyridine rings is 1. The molecule has 1 atom stereocenters. The minimum absolute atomic E-state index is 0.213. The number of ether oxygens (including phenoxy) is 1. The van der Waals surface area contributed by atoms with Crippen LogP contribution in [0, 0.1) is 0 Å². The molecule has 0 saturated heterocycles. The van der Waals surface area contributed by atoms with E-state index in [2.05, 4.69) is 4.98 Å². The molecule has 0 aliphatic heterocycles. The van der Waals surface area contributed by atoms with E-state index < -0.39 is 5.97 Å². The maximum Gasteiger partial charge on any atom is 0.357 e. The molecule has 0 spiro atoms. The highest BCUT2D eigenvalue weighted by Gasteiger charge is 2.14. The van der Waals surface area contributed by atoms with Gasteiger partial charge < -0.3 is 4.74 Å². The number of halogens is 1. The zero-order chi connectivity index (χ0) is 13.0. The van der Waals surface area contributed by atoms with Crippen molar-refractivity contribution in [3.8, 4) is 0 Å². The number of aromatic nitrogens is 1. The normalized spacial score (nSPS) is 11.9. The molecular formula is C14H12ClNO2. The topological polar surface area (TPSA) is 39.2 Å². The second-order valence-electron chi connectivity index (χ2n) is 3.82. The highest BCUT2D eigenvalue weighted by Crippen LogP contribution is 2.18. The molecule has 0 aliphatic carbocycles. The second-order valence-corrected chi connectivity index (χ2v) is 4.25. The van der Waals surface area contributed by atoms with Gasteiger partial charge in [-0.1, -0.05) is 41.9 Å². The molecule has 0 amide bonds. The first-order valence-corrected chi connectivity index (χ1v) is 5.92. The highest BCUT2D eigenvalue weighted by atomic mass is 35.5. The fourth-order valence-electron chi connectivity index (χ4n) is 1.53. The molecule has 1 aromatic heterocycles. The Morgan fingerprint density at radius 1 is 1.28 bits per heavy atom. The van der Waals surface area contributed by atoms with E-state index >= 15 is 0 Å². The number of carbonyl (C=O) groups excluding carboxylic acids is 1. The average Bonchev–Trinajstić information content (AvgIpc) is 2.39. The summed E-state index contributed by atoms with van der Waals surface area (Å²) in [7, 11) is 0. The molecule has 0 bridgehead atoms. The number of nitrogens with zero attached hydrogens (tertiary/aromatic N) is 1. The summed E-state index contributed by atoms with van der Waals surface area (Å²) in [6.45, 7) is 1.82. The molecule has 2 rings (SSSR count). The van der Waals surface area contributed by atoms with Gasteiger partial charge >= 0.3 is 5.97 Å². The highest BCUT2D eigenvalue weighted by molar-refractivity contribution is 6.30. The van der Waals surface area contributed by atoms with Crippen molar-refractivity contribution in [2.45, 2.75) is 13.0 Å². The molecule has 2 aromatic rings. The van der Waals surface area contributed by atoms with Gasteiger partial charge in [-0.2, -0.15) is 0 Å². The maximum absolute atomic E-state index is 11.8. The van der Waals surface area contributed by atoms with Crippen LogP contribution in [0.25, 0.3) is 0 Å². The quantitative estimate of drug-likeness (QED) is 0.792. The van der Waals surface area contributed by atoms with Crippen molar-refractivity contribution < 1.29 is 9.53 Å². The monoisotopic (exact) mass is 261 g/mol. The van der Waals surface area contributed by atoms with Crippen LogP contribution < -0.4 is 0 Å². The average molecular weight is 262 g/mol. The largest absolute Gasteiger partial charge is 0.453 e. The Morgan fingerprint density at radius 3 is 2.67 bits per heavy atom. The van der Waals surface area contributed by atoms with Crippen molar-refractivity contribution in [2.75, 3.05) is 0 Å². The minimum Gasteiger partial charge on any atom is -0.453 e. The van der Waals surface area contributed by atoms with Crippen LogP contribution in [0.5, 0.6) is 0 Å². The summed E-state index contributed by atoms with van der Waals surface area (Å²) in [5.74, 6) is -0.478. The van der Waals surface area contributed by atoms with Crippen LogP contribution in [-0.4, -0.2) is 11.0 Å². The molecule has 0 aliphatic rings. The molecule has 0 radical (unpaired) electrons. The summed E-state index contributed by atoms with van der Waals surface area (Å²) in [5.41, 5.74) is 1.15. The van der Waals surface area contributed by atoms with E-state index in [-0.39, 0.29) is 11.8 Å². The molecule has 18 heavy (non-hydrogen) atoms. The van der Waals surface area contributed by atoms with Crippen LogP contribution in [0.4, 0.5) is 0 Å². The maximum atomic E-state index is 11.8. The smallest absolute Gasteiger partial charge is 0.357 e. The van der Waals surface area contributed by atoms with Gasteiger partial charge in [-0.15, -0.1) is 0 Å². The third kappa shape index (κ3) is 3.08. The minimum atomic E-state index is -0.478. The van der Waals surface area contributed by atoms with Crippen LogP contribution in [0.15, 0.2) is 48.7 Å². The Bertz CT molecular complexity index is 543. The Hall–Kier alpha value is -1.87. The number of hydrogen-bond donors (Lipinski definition) is 0. The van der Waals surface area contributed by atoms with E-state index in [1.54, 1.807) is 6.07 Å². The molecule has 92 valence electrons. The molecule has 3 nitrogen and oxygen atoms in total. The zero-order valence-corrected chi connectivity index (χ0v) is 10.6. The first-order valence-electron chi connectivity index (χ1n) is 5.54. The van der Waals surface area contributed by atoms with E-state index in [1.807, 2.05) is 37.3 Å². The lowest BCUT2D eigenvalue weighted by atomic mass is 10.1. The fraction of sp³-hybridized carbons (Fsp3) is 0.143. The van der Waals surface area contributed by atoms with Crippen LogP contribution in [0.2, 0.25) is 5.02 Å². The van der Waals surface area contributed by atoms with Gasteiger partial charge in [0, 0.05) is 11.2 Å². The van der Waals surface area contributed by atoms with Gasteiger partial charge in [0.2, 0.25) is 0 Å². The van der Waals surface area contributed by atoms with Gasteiger partial charge in [-0.3, -0.25) is 0 Å². The molecule has 1 aromatic carbocycles. The molecule has 4 heteroatoms. The van der Waals surface area contributed by atoms with Gasteiger partial charge in [0.15, 0.2) is 0 Å². The fourth-order valence-corrected chi connectivity index (χ4v) is 1.69. The van der Waals surface area contributed by atoms with Crippen molar-refractivity contribution in [3.63, 3.8) is 0 Å². The van der Waals surface area contributed by atoms with Crippen LogP contribution >= 0.6 is 11.6 Å². The Labute approximate surface area is 110 Å². The third-order valence-electron chi connectivity index (χ3n) is 2.48. The van der Waals surface area contributed by atoms with Crippen molar-refractivity contribution in [1.29, 1.82) is 0 Å². The van der Waals surface area contributed by atoms with Gasteiger partial charge in [0.1, 0.15) is 11.8 Å². The number of hydrogen-bond acceptors (Lipinski definition) is 3. The lowest BCUT2D eigenvalue weighted by molar-refractivity contribution is 0.0331. The van der Waals surface area contributed by atoms with E-state index in [9.17, 15) is 4.79 Å². The van der Waals surface area contributed by atoms with Crippen molar-refractivity contribution >= 4 is 17.6 Å². The van der Waals surface area contributed by atoms with Crippen molar-refractivity contribution in [2.24, 2.45) is 0 Å². The third-order valence-corrected chi connectivity index (χ3v) is 2.72. The van der Waals surface area contributed by atoms with Crippen LogP contribution in [0.1, 0.15) is 29.1 Å². The molecular weight excluding hydrogens is 250 g/mol. The number of esters is 1. The summed E-state index contributed by atoms with van der Waals surface area (Å²) in [5, 5.41) is 0.462. The van der Waals surface area contributed by atoms with Gasteiger partial charge in [-0.25, -0.2) is 9.78 Å². The van der Waals surface area contributed by atoms with E-state index in [0.29, 0.717) is 5.02 Å². The van der Waals surface area contributed by atoms with E-state index in [4.69, 9.17) is 16.3 Å². The van der Waals surface area contributed by atoms with E-state index in [1.165, 1.54) is 12.3 Å².